The molecular formula is C24H21FN2O3. The zero-order valence-corrected chi connectivity index (χ0v) is 16.7. The molecule has 0 saturated carbocycles. The monoisotopic (exact) mass is 404 g/mol. The van der Waals surface area contributed by atoms with Crippen molar-refractivity contribution in [3.05, 3.63) is 89.2 Å². The van der Waals surface area contributed by atoms with Gasteiger partial charge < -0.3 is 14.2 Å². The number of hydrogen-bond donors (Lipinski definition) is 0. The van der Waals surface area contributed by atoms with Gasteiger partial charge in [-0.1, -0.05) is 30.3 Å². The van der Waals surface area contributed by atoms with E-state index >= 15 is 0 Å². The Hall–Kier alpha value is -3.54. The van der Waals surface area contributed by atoms with Gasteiger partial charge in [-0.15, -0.1) is 0 Å². The van der Waals surface area contributed by atoms with E-state index in [1.807, 2.05) is 41.4 Å². The van der Waals surface area contributed by atoms with Crippen molar-refractivity contribution >= 4 is 5.71 Å². The van der Waals surface area contributed by atoms with Crippen LogP contribution in [0, 0.1) is 5.82 Å². The molecule has 0 bridgehead atoms. The molecule has 3 aromatic rings. The second kappa shape index (κ2) is 7.37. The average molecular weight is 404 g/mol. The molecule has 2 aliphatic rings. The second-order valence-corrected chi connectivity index (χ2v) is 7.27. The van der Waals surface area contributed by atoms with Gasteiger partial charge in [-0.2, -0.15) is 5.10 Å². The van der Waals surface area contributed by atoms with Crippen LogP contribution in [-0.2, 0) is 0 Å². The minimum atomic E-state index is -0.438. The Kier molecular flexibility index (Phi) is 4.54. The highest BCUT2D eigenvalue weighted by molar-refractivity contribution is 6.04. The van der Waals surface area contributed by atoms with Gasteiger partial charge in [0, 0.05) is 29.2 Å². The van der Waals surface area contributed by atoms with Crippen molar-refractivity contribution < 1.29 is 18.6 Å². The van der Waals surface area contributed by atoms with Crippen molar-refractivity contribution in [1.82, 2.24) is 5.01 Å². The summed E-state index contributed by atoms with van der Waals surface area (Å²) in [4.78, 5) is 0. The maximum Gasteiger partial charge on any atom is 0.213 e. The number of para-hydroxylation sites is 1. The lowest BCUT2D eigenvalue weighted by Crippen LogP contribution is -2.33. The number of ether oxygens (including phenoxy) is 3. The van der Waals surface area contributed by atoms with Crippen LogP contribution in [0.4, 0.5) is 4.39 Å². The molecular weight excluding hydrogens is 383 g/mol. The molecule has 0 amide bonds. The van der Waals surface area contributed by atoms with Crippen molar-refractivity contribution in [2.45, 2.75) is 18.7 Å². The van der Waals surface area contributed by atoms with Gasteiger partial charge in [-0.3, -0.25) is 0 Å². The van der Waals surface area contributed by atoms with E-state index in [-0.39, 0.29) is 11.9 Å². The van der Waals surface area contributed by atoms with Gasteiger partial charge in [0.05, 0.1) is 26.0 Å². The van der Waals surface area contributed by atoms with Crippen LogP contribution >= 0.6 is 0 Å². The first kappa shape index (κ1) is 18.5. The first-order valence-corrected chi connectivity index (χ1v) is 9.77. The summed E-state index contributed by atoms with van der Waals surface area (Å²) < 4.78 is 30.7. The summed E-state index contributed by atoms with van der Waals surface area (Å²) >= 11 is 0. The van der Waals surface area contributed by atoms with E-state index in [1.165, 1.54) is 12.1 Å². The lowest BCUT2D eigenvalue weighted by Gasteiger charge is -2.38. The summed E-state index contributed by atoms with van der Waals surface area (Å²) in [5, 5.41) is 6.90. The number of hydrazone groups is 1. The third kappa shape index (κ3) is 3.05. The molecule has 0 saturated heterocycles. The summed E-state index contributed by atoms with van der Waals surface area (Å²) in [6, 6.07) is 20.1. The molecule has 0 N–H and O–H groups in total. The van der Waals surface area contributed by atoms with E-state index in [0.717, 1.165) is 33.9 Å². The van der Waals surface area contributed by atoms with E-state index in [2.05, 4.69) is 6.07 Å². The van der Waals surface area contributed by atoms with Gasteiger partial charge in [-0.05, 0) is 30.3 Å². The van der Waals surface area contributed by atoms with Gasteiger partial charge in [0.15, 0.2) is 0 Å². The van der Waals surface area contributed by atoms with Crippen LogP contribution in [0.3, 0.4) is 0 Å². The van der Waals surface area contributed by atoms with Crippen LogP contribution in [-0.4, -0.2) is 24.9 Å². The fraction of sp³-hybridized carbons (Fsp3) is 0.208. The molecule has 5 rings (SSSR count). The standard InChI is InChI=1S/C24H21FN2O3/c1-28-17-11-12-18(23(13-17)29-2)20-14-21-19-5-3-4-6-22(19)30-24(27(21)26-20)15-7-9-16(25)10-8-15/h3-13,21,24H,14H2,1-2H3. The van der Waals surface area contributed by atoms with Gasteiger partial charge >= 0.3 is 0 Å². The molecule has 3 aromatic carbocycles. The minimum Gasteiger partial charge on any atom is -0.497 e. The zero-order chi connectivity index (χ0) is 20.7. The molecule has 0 radical (unpaired) electrons. The van der Waals surface area contributed by atoms with E-state index in [9.17, 15) is 4.39 Å². The summed E-state index contributed by atoms with van der Waals surface area (Å²) in [7, 11) is 3.27. The molecule has 5 nitrogen and oxygen atoms in total. The van der Waals surface area contributed by atoms with Crippen LogP contribution in [0.15, 0.2) is 71.8 Å². The maximum absolute atomic E-state index is 13.5. The average Bonchev–Trinajstić information content (AvgIpc) is 3.24. The molecule has 2 heterocycles. The topological polar surface area (TPSA) is 43.3 Å². The SMILES string of the molecule is COc1ccc(C2=NN3C(C2)c2ccccc2OC3c2ccc(F)cc2)c(OC)c1. The van der Waals surface area contributed by atoms with Crippen molar-refractivity contribution in [2.75, 3.05) is 14.2 Å². The van der Waals surface area contributed by atoms with Crippen LogP contribution in [0.1, 0.15) is 35.4 Å². The fourth-order valence-electron chi connectivity index (χ4n) is 4.08. The highest BCUT2D eigenvalue weighted by Gasteiger charge is 2.41. The maximum atomic E-state index is 13.5. The Morgan fingerprint density at radius 3 is 2.57 bits per heavy atom. The molecule has 152 valence electrons. The van der Waals surface area contributed by atoms with Crippen molar-refractivity contribution in [3.8, 4) is 17.2 Å². The summed E-state index contributed by atoms with van der Waals surface area (Å²) in [6.45, 7) is 0. The molecule has 0 aromatic heterocycles. The summed E-state index contributed by atoms with van der Waals surface area (Å²) in [5.74, 6) is 1.98. The largest absolute Gasteiger partial charge is 0.497 e. The van der Waals surface area contributed by atoms with E-state index in [1.54, 1.807) is 26.4 Å². The van der Waals surface area contributed by atoms with Gasteiger partial charge in [0.1, 0.15) is 23.1 Å². The van der Waals surface area contributed by atoms with Crippen molar-refractivity contribution in [2.24, 2.45) is 5.10 Å². The second-order valence-electron chi connectivity index (χ2n) is 7.27. The first-order valence-electron chi connectivity index (χ1n) is 9.77. The molecule has 0 aliphatic carbocycles. The fourth-order valence-corrected chi connectivity index (χ4v) is 4.08. The Morgan fingerprint density at radius 2 is 1.80 bits per heavy atom. The molecule has 0 fully saturated rings. The predicted molar refractivity (Wildman–Crippen MR) is 111 cm³/mol. The quantitative estimate of drug-likeness (QED) is 0.608. The third-order valence-corrected chi connectivity index (χ3v) is 5.57. The van der Waals surface area contributed by atoms with Crippen LogP contribution in [0.2, 0.25) is 0 Å². The number of rotatable bonds is 4. The number of nitrogens with zero attached hydrogens (tertiary/aromatic N) is 2. The lowest BCUT2D eigenvalue weighted by molar-refractivity contribution is -0.0190. The first-order chi connectivity index (χ1) is 14.7. The van der Waals surface area contributed by atoms with E-state index in [4.69, 9.17) is 19.3 Å². The number of halogens is 1. The van der Waals surface area contributed by atoms with Crippen LogP contribution in [0.25, 0.3) is 0 Å². The van der Waals surface area contributed by atoms with Gasteiger partial charge in [0.2, 0.25) is 6.23 Å². The van der Waals surface area contributed by atoms with Gasteiger partial charge in [0.25, 0.3) is 0 Å². The summed E-state index contributed by atoms with van der Waals surface area (Å²) in [6.07, 6.45) is 0.271. The molecule has 2 unspecified atom stereocenters. The normalized spacial score (nSPS) is 19.4. The third-order valence-electron chi connectivity index (χ3n) is 5.57. The smallest absolute Gasteiger partial charge is 0.213 e. The highest BCUT2D eigenvalue weighted by Crippen LogP contribution is 2.48. The Labute approximate surface area is 174 Å². The minimum absolute atomic E-state index is 0.0202. The zero-order valence-electron chi connectivity index (χ0n) is 16.7. The van der Waals surface area contributed by atoms with Crippen molar-refractivity contribution in [3.63, 3.8) is 0 Å². The van der Waals surface area contributed by atoms with Crippen LogP contribution in [0.5, 0.6) is 17.2 Å². The lowest BCUT2D eigenvalue weighted by atomic mass is 9.95. The van der Waals surface area contributed by atoms with Gasteiger partial charge in [-0.25, -0.2) is 9.40 Å². The highest BCUT2D eigenvalue weighted by atomic mass is 19.1. The molecule has 2 atom stereocenters. The molecule has 30 heavy (non-hydrogen) atoms. The number of fused-ring (bicyclic) bond motifs is 3. The number of benzene rings is 3. The number of hydrogen-bond acceptors (Lipinski definition) is 5. The van der Waals surface area contributed by atoms with E-state index in [0.29, 0.717) is 12.2 Å². The Balaban J connectivity index is 1.59. The molecule has 2 aliphatic heterocycles. The molecule has 0 spiro atoms. The Bertz CT molecular complexity index is 1110. The molecule has 6 heteroatoms. The Morgan fingerprint density at radius 1 is 1.00 bits per heavy atom. The van der Waals surface area contributed by atoms with E-state index < -0.39 is 6.23 Å². The predicted octanol–water partition coefficient (Wildman–Crippen LogP) is 5.09. The number of methoxy groups -OCH3 is 2. The summed E-state index contributed by atoms with van der Waals surface area (Å²) in [5.41, 5.74) is 3.76. The van der Waals surface area contributed by atoms with Crippen molar-refractivity contribution in [1.29, 1.82) is 0 Å². The van der Waals surface area contributed by atoms with Crippen LogP contribution < -0.4 is 14.2 Å².